The van der Waals surface area contributed by atoms with E-state index >= 15 is 0 Å². The third kappa shape index (κ3) is 3.96. The Labute approximate surface area is 213 Å². The lowest BCUT2D eigenvalue weighted by molar-refractivity contribution is 0.246. The summed E-state index contributed by atoms with van der Waals surface area (Å²) in [7, 11) is 0. The van der Waals surface area contributed by atoms with Gasteiger partial charge in [0.15, 0.2) is 5.65 Å². The lowest BCUT2D eigenvalue weighted by Crippen LogP contribution is -2.27. The monoisotopic (exact) mass is 543 g/mol. The van der Waals surface area contributed by atoms with Gasteiger partial charge in [-0.15, -0.1) is 0 Å². The van der Waals surface area contributed by atoms with Crippen LogP contribution in [0.4, 0.5) is 4.39 Å². The molecule has 4 heterocycles. The molecule has 0 saturated carbocycles. The maximum atomic E-state index is 13.9. The molecular weight excluding hydrogens is 525 g/mol. The lowest BCUT2D eigenvalue weighted by atomic mass is 9.96. The molecular formula is C27H19BrFN5O2. The molecule has 5 aromatic rings. The van der Waals surface area contributed by atoms with Gasteiger partial charge in [-0.25, -0.2) is 13.9 Å². The Hall–Kier alpha value is -3.95. The van der Waals surface area contributed by atoms with E-state index in [2.05, 4.69) is 26.0 Å². The van der Waals surface area contributed by atoms with Crippen molar-refractivity contribution in [2.24, 2.45) is 4.99 Å². The highest BCUT2D eigenvalue weighted by Gasteiger charge is 2.20. The minimum Gasteiger partial charge on any atom is -0.394 e. The standard InChI is InChI=1S/C27H19BrFN5O2/c28-21-7-20(8-22(29)11-21)24(14-35)33-6-5-17(10-26(33)36)16-1-2-18-12-30-27(23(18)9-16)19-3-4-25-31-15-32-34(25)13-19/h1-11,13,15,24,35H,12,14H2/t24-/m1/s1. The number of hydrogen-bond donors (Lipinski definition) is 1. The Morgan fingerprint density at radius 2 is 1.86 bits per heavy atom. The van der Waals surface area contributed by atoms with Crippen LogP contribution in [0.5, 0.6) is 0 Å². The zero-order valence-electron chi connectivity index (χ0n) is 18.8. The topological polar surface area (TPSA) is 84.8 Å². The van der Waals surface area contributed by atoms with Gasteiger partial charge in [0, 0.05) is 34.1 Å². The van der Waals surface area contributed by atoms with E-state index in [1.165, 1.54) is 29.1 Å². The van der Waals surface area contributed by atoms with Crippen molar-refractivity contribution < 1.29 is 9.50 Å². The smallest absolute Gasteiger partial charge is 0.251 e. The average Bonchev–Trinajstić information content (AvgIpc) is 3.51. The summed E-state index contributed by atoms with van der Waals surface area (Å²) in [5, 5.41) is 14.2. The van der Waals surface area contributed by atoms with Gasteiger partial charge in [0.05, 0.1) is 24.9 Å². The number of benzene rings is 2. The highest BCUT2D eigenvalue weighted by Crippen LogP contribution is 2.29. The van der Waals surface area contributed by atoms with Crippen molar-refractivity contribution in [2.45, 2.75) is 12.6 Å². The summed E-state index contributed by atoms with van der Waals surface area (Å²) in [4.78, 5) is 22.0. The fraction of sp³-hybridized carbons (Fsp3) is 0.111. The minimum absolute atomic E-state index is 0.294. The molecule has 36 heavy (non-hydrogen) atoms. The Bertz CT molecular complexity index is 1710. The van der Waals surface area contributed by atoms with Crippen LogP contribution in [0.3, 0.4) is 0 Å². The number of hydrogen-bond acceptors (Lipinski definition) is 5. The van der Waals surface area contributed by atoms with Crippen LogP contribution in [0.15, 0.2) is 93.6 Å². The van der Waals surface area contributed by atoms with Gasteiger partial charge in [0.1, 0.15) is 12.1 Å². The SMILES string of the molecule is O=c1cc(-c2ccc3c(c2)C(c2ccc4ncnn4c2)=NC3)ccn1[C@H](CO)c1cc(F)cc(Br)c1. The molecule has 6 rings (SSSR count). The molecule has 1 aliphatic heterocycles. The Balaban J connectivity index is 1.35. The first-order chi connectivity index (χ1) is 17.5. The summed E-state index contributed by atoms with van der Waals surface area (Å²) in [5.41, 5.74) is 6.52. The minimum atomic E-state index is -0.705. The fourth-order valence-electron chi connectivity index (χ4n) is 4.62. The first kappa shape index (κ1) is 22.5. The molecule has 3 aromatic heterocycles. The van der Waals surface area contributed by atoms with Crippen LogP contribution < -0.4 is 5.56 Å². The quantitative estimate of drug-likeness (QED) is 0.356. The molecule has 0 spiro atoms. The van der Waals surface area contributed by atoms with Crippen molar-refractivity contribution in [3.8, 4) is 11.1 Å². The zero-order chi connectivity index (χ0) is 24.8. The van der Waals surface area contributed by atoms with Crippen molar-refractivity contribution in [3.05, 3.63) is 122 Å². The van der Waals surface area contributed by atoms with Gasteiger partial charge in [-0.3, -0.25) is 9.79 Å². The third-order valence-corrected chi connectivity index (χ3v) is 6.84. The van der Waals surface area contributed by atoms with E-state index in [0.717, 1.165) is 39.2 Å². The molecule has 0 bridgehead atoms. The Kier molecular flexibility index (Phi) is 5.58. The maximum absolute atomic E-state index is 13.9. The van der Waals surface area contributed by atoms with Gasteiger partial charge in [-0.05, 0) is 64.7 Å². The largest absolute Gasteiger partial charge is 0.394 e. The number of rotatable bonds is 5. The van der Waals surface area contributed by atoms with E-state index < -0.39 is 11.9 Å². The number of aliphatic hydroxyl groups is 1. The van der Waals surface area contributed by atoms with Crippen LogP contribution in [0, 0.1) is 5.82 Å². The maximum Gasteiger partial charge on any atom is 0.251 e. The van der Waals surface area contributed by atoms with E-state index in [-0.39, 0.29) is 12.2 Å². The number of aliphatic hydroxyl groups excluding tert-OH is 1. The second-order valence-corrected chi connectivity index (χ2v) is 9.50. The molecule has 1 aliphatic rings. The first-order valence-electron chi connectivity index (χ1n) is 11.3. The van der Waals surface area contributed by atoms with Crippen molar-refractivity contribution in [3.63, 3.8) is 0 Å². The predicted molar refractivity (Wildman–Crippen MR) is 138 cm³/mol. The van der Waals surface area contributed by atoms with Crippen molar-refractivity contribution >= 4 is 27.3 Å². The summed E-state index contributed by atoms with van der Waals surface area (Å²) in [5.74, 6) is -0.443. The first-order valence-corrected chi connectivity index (χ1v) is 12.1. The predicted octanol–water partition coefficient (Wildman–Crippen LogP) is 4.39. The normalized spacial score (nSPS) is 13.6. The number of aliphatic imine (C=N–C) groups is 1. The summed E-state index contributed by atoms with van der Waals surface area (Å²) >= 11 is 3.27. The number of aromatic nitrogens is 4. The van der Waals surface area contributed by atoms with Gasteiger partial charge >= 0.3 is 0 Å². The van der Waals surface area contributed by atoms with Gasteiger partial charge in [0.25, 0.3) is 5.56 Å². The number of pyridine rings is 2. The fourth-order valence-corrected chi connectivity index (χ4v) is 5.10. The van der Waals surface area contributed by atoms with Gasteiger partial charge in [-0.1, -0.05) is 28.1 Å². The van der Waals surface area contributed by atoms with Crippen molar-refractivity contribution in [2.75, 3.05) is 6.61 Å². The molecule has 1 atom stereocenters. The van der Waals surface area contributed by atoms with Crippen LogP contribution in [0.25, 0.3) is 16.8 Å². The molecule has 0 radical (unpaired) electrons. The highest BCUT2D eigenvalue weighted by molar-refractivity contribution is 9.10. The second kappa shape index (κ2) is 8.92. The molecule has 0 aliphatic carbocycles. The summed E-state index contributed by atoms with van der Waals surface area (Å²) < 4.78 is 17.6. The summed E-state index contributed by atoms with van der Waals surface area (Å²) in [6.45, 7) is 0.243. The Morgan fingerprint density at radius 3 is 2.67 bits per heavy atom. The van der Waals surface area contributed by atoms with Gasteiger partial charge in [0.2, 0.25) is 0 Å². The molecule has 0 amide bonds. The summed E-state index contributed by atoms with van der Waals surface area (Å²) in [6, 6.07) is 16.9. The highest BCUT2D eigenvalue weighted by atomic mass is 79.9. The van der Waals surface area contributed by atoms with E-state index in [1.54, 1.807) is 16.8 Å². The molecule has 178 valence electrons. The Morgan fingerprint density at radius 1 is 1.03 bits per heavy atom. The lowest BCUT2D eigenvalue weighted by Gasteiger charge is -2.19. The molecule has 7 nitrogen and oxygen atoms in total. The molecule has 0 fully saturated rings. The van der Waals surface area contributed by atoms with Crippen LogP contribution in [-0.2, 0) is 6.54 Å². The van der Waals surface area contributed by atoms with Crippen molar-refractivity contribution in [1.29, 1.82) is 0 Å². The van der Waals surface area contributed by atoms with Crippen LogP contribution in [-0.4, -0.2) is 36.6 Å². The van der Waals surface area contributed by atoms with Crippen LogP contribution >= 0.6 is 15.9 Å². The van der Waals surface area contributed by atoms with Crippen LogP contribution in [0.2, 0.25) is 0 Å². The van der Waals surface area contributed by atoms with Crippen LogP contribution in [0.1, 0.15) is 28.3 Å². The number of halogens is 2. The number of nitrogens with zero attached hydrogens (tertiary/aromatic N) is 5. The van der Waals surface area contributed by atoms with E-state index in [0.29, 0.717) is 16.6 Å². The molecule has 0 unspecified atom stereocenters. The molecule has 2 aromatic carbocycles. The van der Waals surface area contributed by atoms with Crippen molar-refractivity contribution in [1.82, 2.24) is 19.2 Å². The van der Waals surface area contributed by atoms with E-state index in [1.807, 2.05) is 42.6 Å². The summed E-state index contributed by atoms with van der Waals surface area (Å²) in [6.07, 6.45) is 5.06. The van der Waals surface area contributed by atoms with Gasteiger partial charge < -0.3 is 9.67 Å². The van der Waals surface area contributed by atoms with E-state index in [9.17, 15) is 14.3 Å². The number of fused-ring (bicyclic) bond motifs is 2. The zero-order valence-corrected chi connectivity index (χ0v) is 20.4. The molecule has 1 N–H and O–H groups in total. The average molecular weight is 544 g/mol. The molecule has 0 saturated heterocycles. The third-order valence-electron chi connectivity index (χ3n) is 6.38. The molecule has 9 heteroatoms. The van der Waals surface area contributed by atoms with E-state index in [4.69, 9.17) is 4.99 Å². The van der Waals surface area contributed by atoms with Gasteiger partial charge in [-0.2, -0.15) is 5.10 Å². The second-order valence-electron chi connectivity index (χ2n) is 8.58.